The van der Waals surface area contributed by atoms with Crippen LogP contribution in [0, 0.1) is 0 Å². The minimum Gasteiger partial charge on any atom is -0.394 e. The predicted molar refractivity (Wildman–Crippen MR) is 117 cm³/mol. The Kier molecular flexibility index (Phi) is 15.6. The second-order valence-corrected chi connectivity index (χ2v) is 7.73. The summed E-state index contributed by atoms with van der Waals surface area (Å²) < 4.78 is 5.28. The first kappa shape index (κ1) is 26.5. The number of aliphatic hydroxyl groups is 2. The van der Waals surface area contributed by atoms with Gasteiger partial charge >= 0.3 is 0 Å². The Labute approximate surface area is 171 Å². The molecular weight excluding hydrogens is 352 g/mol. The molecule has 2 atom stereocenters. The van der Waals surface area contributed by atoms with Crippen molar-refractivity contribution in [2.24, 2.45) is 0 Å². The van der Waals surface area contributed by atoms with Crippen molar-refractivity contribution in [2.45, 2.75) is 85.4 Å². The standard InChI is InChI=1S/C24H40O4/c1-19(2)9-6-10-20(3)11-7-12-21(4)13-8-14-22(5)15-16-28-24(18-26)23(27)17-25/h9,11,13,15,18,23-25,27H,6-8,10,12,14,16-17H2,1-5H3/t23-,24+/m1/s1. The maximum atomic E-state index is 10.8. The zero-order chi connectivity index (χ0) is 21.4. The SMILES string of the molecule is CC(C)=CCCC(C)=CCCC(C)=CCCC(C)=CCO[C@@H](C=O)[C@H](O)CO. The molecule has 0 aliphatic rings. The Morgan fingerprint density at radius 3 is 1.71 bits per heavy atom. The van der Waals surface area contributed by atoms with E-state index in [0.29, 0.717) is 6.29 Å². The fourth-order valence-electron chi connectivity index (χ4n) is 2.63. The average Bonchev–Trinajstić information content (AvgIpc) is 2.64. The zero-order valence-electron chi connectivity index (χ0n) is 18.4. The highest BCUT2D eigenvalue weighted by molar-refractivity contribution is 5.57. The molecule has 2 N–H and O–H groups in total. The van der Waals surface area contributed by atoms with E-state index in [4.69, 9.17) is 9.84 Å². The number of carbonyl (C=O) groups excluding carboxylic acids is 1. The third-order valence-electron chi connectivity index (χ3n) is 4.58. The highest BCUT2D eigenvalue weighted by Crippen LogP contribution is 2.13. The third-order valence-corrected chi connectivity index (χ3v) is 4.58. The smallest absolute Gasteiger partial charge is 0.151 e. The molecule has 0 aromatic heterocycles. The molecule has 0 heterocycles. The van der Waals surface area contributed by atoms with Crippen LogP contribution in [0.5, 0.6) is 0 Å². The van der Waals surface area contributed by atoms with Crippen LogP contribution < -0.4 is 0 Å². The summed E-state index contributed by atoms with van der Waals surface area (Å²) >= 11 is 0. The Morgan fingerprint density at radius 1 is 0.821 bits per heavy atom. The van der Waals surface area contributed by atoms with Crippen LogP contribution in [0.15, 0.2) is 46.6 Å². The summed E-state index contributed by atoms with van der Waals surface area (Å²) in [7, 11) is 0. The van der Waals surface area contributed by atoms with Crippen LogP contribution in [0.25, 0.3) is 0 Å². The number of aliphatic hydroxyl groups excluding tert-OH is 2. The van der Waals surface area contributed by atoms with Gasteiger partial charge in [0.2, 0.25) is 0 Å². The van der Waals surface area contributed by atoms with E-state index in [2.05, 4.69) is 45.9 Å². The van der Waals surface area contributed by atoms with Crippen LogP contribution in [-0.4, -0.2) is 41.9 Å². The van der Waals surface area contributed by atoms with Crippen molar-refractivity contribution >= 4 is 6.29 Å². The number of allylic oxidation sites excluding steroid dienone is 7. The van der Waals surface area contributed by atoms with E-state index in [0.717, 1.165) is 38.5 Å². The minimum absolute atomic E-state index is 0.256. The maximum Gasteiger partial charge on any atom is 0.151 e. The fraction of sp³-hybridized carbons (Fsp3) is 0.625. The number of hydrogen-bond donors (Lipinski definition) is 2. The van der Waals surface area contributed by atoms with Crippen molar-refractivity contribution < 1.29 is 19.7 Å². The molecule has 0 saturated carbocycles. The first-order valence-corrected chi connectivity index (χ1v) is 10.3. The maximum absolute atomic E-state index is 10.8. The lowest BCUT2D eigenvalue weighted by Crippen LogP contribution is -2.33. The second-order valence-electron chi connectivity index (χ2n) is 7.73. The predicted octanol–water partition coefficient (Wildman–Crippen LogP) is 5.07. The van der Waals surface area contributed by atoms with Gasteiger partial charge in [-0.05, 0) is 73.1 Å². The number of hydrogen-bond acceptors (Lipinski definition) is 4. The van der Waals surface area contributed by atoms with Gasteiger partial charge in [-0.25, -0.2) is 0 Å². The molecule has 0 aliphatic heterocycles. The summed E-state index contributed by atoms with van der Waals surface area (Å²) in [6.45, 7) is 10.5. The van der Waals surface area contributed by atoms with Crippen LogP contribution in [0.4, 0.5) is 0 Å². The van der Waals surface area contributed by atoms with E-state index in [-0.39, 0.29) is 6.61 Å². The molecule has 160 valence electrons. The van der Waals surface area contributed by atoms with Crippen molar-refractivity contribution in [2.75, 3.05) is 13.2 Å². The molecule has 0 radical (unpaired) electrons. The van der Waals surface area contributed by atoms with Gasteiger partial charge in [0.05, 0.1) is 13.2 Å². The molecule has 0 saturated heterocycles. The molecule has 0 spiro atoms. The topological polar surface area (TPSA) is 66.8 Å². The molecule has 28 heavy (non-hydrogen) atoms. The number of rotatable bonds is 15. The molecule has 0 aromatic carbocycles. The van der Waals surface area contributed by atoms with E-state index in [1.54, 1.807) is 0 Å². The van der Waals surface area contributed by atoms with Gasteiger partial charge in [0, 0.05) is 0 Å². The average molecular weight is 393 g/mol. The Bertz CT molecular complexity index is 551. The van der Waals surface area contributed by atoms with Crippen molar-refractivity contribution in [3.8, 4) is 0 Å². The Morgan fingerprint density at radius 2 is 1.29 bits per heavy atom. The zero-order valence-corrected chi connectivity index (χ0v) is 18.4. The molecule has 0 amide bonds. The van der Waals surface area contributed by atoms with Gasteiger partial charge in [-0.1, -0.05) is 46.6 Å². The van der Waals surface area contributed by atoms with Gasteiger partial charge in [-0.2, -0.15) is 0 Å². The van der Waals surface area contributed by atoms with Crippen LogP contribution in [0.3, 0.4) is 0 Å². The summed E-state index contributed by atoms with van der Waals surface area (Å²) in [6.07, 6.45) is 13.6. The van der Waals surface area contributed by atoms with Crippen molar-refractivity contribution in [3.63, 3.8) is 0 Å². The van der Waals surface area contributed by atoms with Gasteiger partial charge in [0.15, 0.2) is 6.29 Å². The number of ether oxygens (including phenoxy) is 1. The molecule has 0 aliphatic carbocycles. The van der Waals surface area contributed by atoms with E-state index in [1.165, 1.54) is 22.3 Å². The first-order chi connectivity index (χ1) is 13.3. The largest absolute Gasteiger partial charge is 0.394 e. The lowest BCUT2D eigenvalue weighted by Gasteiger charge is -2.15. The summed E-state index contributed by atoms with van der Waals surface area (Å²) in [5.41, 5.74) is 5.43. The summed E-state index contributed by atoms with van der Waals surface area (Å²) in [5.74, 6) is 0. The lowest BCUT2D eigenvalue weighted by molar-refractivity contribution is -0.126. The van der Waals surface area contributed by atoms with Gasteiger partial charge in [-0.15, -0.1) is 0 Å². The third kappa shape index (κ3) is 14.6. The number of aldehydes is 1. The second kappa shape index (κ2) is 16.5. The van der Waals surface area contributed by atoms with Crippen molar-refractivity contribution in [1.29, 1.82) is 0 Å². The summed E-state index contributed by atoms with van der Waals surface area (Å²) in [6, 6.07) is 0. The molecule has 0 bridgehead atoms. The van der Waals surface area contributed by atoms with Gasteiger partial charge in [-0.3, -0.25) is 0 Å². The lowest BCUT2D eigenvalue weighted by atomic mass is 10.0. The van der Waals surface area contributed by atoms with E-state index < -0.39 is 18.8 Å². The van der Waals surface area contributed by atoms with Crippen molar-refractivity contribution in [3.05, 3.63) is 46.6 Å². The van der Waals surface area contributed by atoms with E-state index >= 15 is 0 Å². The fourth-order valence-corrected chi connectivity index (χ4v) is 2.63. The highest BCUT2D eigenvalue weighted by atomic mass is 16.5. The normalized spacial score (nSPS) is 15.3. The molecule has 0 fully saturated rings. The van der Waals surface area contributed by atoms with Crippen LogP contribution in [0.1, 0.15) is 73.1 Å². The van der Waals surface area contributed by atoms with Crippen molar-refractivity contribution in [1.82, 2.24) is 0 Å². The van der Waals surface area contributed by atoms with Crippen LogP contribution in [0.2, 0.25) is 0 Å². The van der Waals surface area contributed by atoms with Gasteiger partial charge in [0.25, 0.3) is 0 Å². The highest BCUT2D eigenvalue weighted by Gasteiger charge is 2.17. The number of carbonyl (C=O) groups is 1. The molecule has 0 rings (SSSR count). The molecular formula is C24H40O4. The molecule has 0 unspecified atom stereocenters. The monoisotopic (exact) mass is 392 g/mol. The van der Waals surface area contributed by atoms with E-state index in [9.17, 15) is 9.90 Å². The summed E-state index contributed by atoms with van der Waals surface area (Å²) in [5, 5.41) is 18.3. The molecule has 0 aromatic rings. The van der Waals surface area contributed by atoms with Crippen LogP contribution in [-0.2, 0) is 9.53 Å². The first-order valence-electron chi connectivity index (χ1n) is 10.3. The Hall–Kier alpha value is -1.49. The quantitative estimate of drug-likeness (QED) is 0.302. The van der Waals surface area contributed by atoms with Gasteiger partial charge < -0.3 is 19.7 Å². The molecule has 4 heteroatoms. The van der Waals surface area contributed by atoms with E-state index in [1.807, 2.05) is 13.0 Å². The summed E-state index contributed by atoms with van der Waals surface area (Å²) in [4.78, 5) is 10.8. The Balaban J connectivity index is 4.12. The van der Waals surface area contributed by atoms with Gasteiger partial charge in [0.1, 0.15) is 12.2 Å². The minimum atomic E-state index is -1.17. The van der Waals surface area contributed by atoms with Crippen LogP contribution >= 0.6 is 0 Å². The molecule has 4 nitrogen and oxygen atoms in total.